The van der Waals surface area contributed by atoms with E-state index in [-0.39, 0.29) is 5.92 Å². The van der Waals surface area contributed by atoms with Crippen LogP contribution >= 0.6 is 0 Å². The summed E-state index contributed by atoms with van der Waals surface area (Å²) in [6.45, 7) is 2.01. The van der Waals surface area contributed by atoms with Crippen LogP contribution in [0.4, 0.5) is 5.82 Å². The smallest absolute Gasteiger partial charge is 0.156 e. The zero-order valence-corrected chi connectivity index (χ0v) is 16.5. The Hall–Kier alpha value is -2.92. The van der Waals surface area contributed by atoms with Gasteiger partial charge in [-0.3, -0.25) is 9.58 Å². The number of rotatable bonds is 3. The van der Waals surface area contributed by atoms with E-state index in [4.69, 9.17) is 5.26 Å². The number of piperazine rings is 1. The van der Waals surface area contributed by atoms with E-state index in [1.807, 2.05) is 28.6 Å². The first-order valence-electron chi connectivity index (χ1n) is 10.4. The molecule has 3 fully saturated rings. The molecule has 8 nitrogen and oxygen atoms in total. The second kappa shape index (κ2) is 6.29. The molecule has 2 atom stereocenters. The van der Waals surface area contributed by atoms with Crippen molar-refractivity contribution in [2.45, 2.75) is 43.8 Å². The van der Waals surface area contributed by atoms with Crippen LogP contribution in [0.5, 0.6) is 0 Å². The molecule has 2 saturated heterocycles. The predicted octanol–water partition coefficient (Wildman–Crippen LogP) is 2.08. The monoisotopic (exact) mass is 388 g/mol. The highest BCUT2D eigenvalue weighted by Crippen LogP contribution is 2.41. The molecule has 3 aromatic rings. The van der Waals surface area contributed by atoms with Crippen molar-refractivity contribution in [3.05, 3.63) is 31.0 Å². The van der Waals surface area contributed by atoms with Crippen LogP contribution in [0.2, 0.25) is 0 Å². The van der Waals surface area contributed by atoms with Crippen LogP contribution in [0.3, 0.4) is 0 Å². The highest BCUT2D eigenvalue weighted by molar-refractivity contribution is 5.77. The van der Waals surface area contributed by atoms with Crippen molar-refractivity contribution in [3.8, 4) is 17.2 Å². The fraction of sp³-hybridized carbons (Fsp3) is 0.524. The number of anilines is 1. The minimum atomic E-state index is 0.269. The van der Waals surface area contributed by atoms with Crippen molar-refractivity contribution in [3.63, 3.8) is 0 Å². The van der Waals surface area contributed by atoms with Gasteiger partial charge in [-0.15, -0.1) is 0 Å². The molecule has 5 heterocycles. The molecule has 8 heteroatoms. The molecular formula is C21H24N8. The average molecular weight is 388 g/mol. The van der Waals surface area contributed by atoms with Gasteiger partial charge in [-0.25, -0.2) is 9.50 Å². The Labute approximate surface area is 169 Å². The summed E-state index contributed by atoms with van der Waals surface area (Å²) < 4.78 is 3.75. The lowest BCUT2D eigenvalue weighted by molar-refractivity contribution is 0.0437. The number of hydrogen-bond donors (Lipinski definition) is 0. The predicted molar refractivity (Wildman–Crippen MR) is 108 cm³/mol. The number of aromatic nitrogens is 5. The Bertz CT molecular complexity index is 1090. The first-order chi connectivity index (χ1) is 14.2. The van der Waals surface area contributed by atoms with Gasteiger partial charge in [0.25, 0.3) is 0 Å². The number of fused-ring (bicyclic) bond motifs is 3. The molecule has 0 aromatic carbocycles. The lowest BCUT2D eigenvalue weighted by atomic mass is 9.79. The maximum Gasteiger partial charge on any atom is 0.156 e. The molecule has 1 saturated carbocycles. The van der Waals surface area contributed by atoms with Gasteiger partial charge in [-0.2, -0.15) is 15.5 Å². The quantitative estimate of drug-likeness (QED) is 0.684. The van der Waals surface area contributed by atoms with Crippen molar-refractivity contribution in [2.24, 2.45) is 13.0 Å². The minimum Gasteiger partial charge on any atom is -0.352 e. The molecule has 2 aliphatic heterocycles. The first kappa shape index (κ1) is 17.0. The highest BCUT2D eigenvalue weighted by Gasteiger charge is 2.47. The number of hydrogen-bond acceptors (Lipinski definition) is 6. The Morgan fingerprint density at radius 1 is 1.03 bits per heavy atom. The lowest BCUT2D eigenvalue weighted by Gasteiger charge is -2.49. The van der Waals surface area contributed by atoms with Crippen LogP contribution in [0.1, 0.15) is 25.7 Å². The van der Waals surface area contributed by atoms with E-state index in [0.29, 0.717) is 18.1 Å². The SMILES string of the molecule is Cn1cc(-c2cc3c(N4C[C@@H]5CC[C@@H](C4)N5C4CC(C#N)C4)ncnn3c2)cn1. The van der Waals surface area contributed by atoms with E-state index in [9.17, 15) is 0 Å². The standard InChI is InChI=1S/C21H24N8/c1-26-9-16(8-24-26)15-6-20-21(23-13-25-28(20)10-15)27-11-17-2-3-18(12-27)29(17)19-4-14(5-19)7-22/h6,8-10,13-14,17-19H,2-5,11-12H2,1H3/t14?,17-,18-,19?/m0/s1. The van der Waals surface area contributed by atoms with Crippen LogP contribution in [-0.4, -0.2) is 60.5 Å². The summed E-state index contributed by atoms with van der Waals surface area (Å²) in [7, 11) is 1.93. The molecular weight excluding hydrogens is 364 g/mol. The fourth-order valence-corrected chi connectivity index (χ4v) is 5.53. The second-order valence-corrected chi connectivity index (χ2v) is 8.73. The van der Waals surface area contributed by atoms with Gasteiger partial charge >= 0.3 is 0 Å². The van der Waals surface area contributed by atoms with E-state index < -0.39 is 0 Å². The third kappa shape index (κ3) is 2.64. The van der Waals surface area contributed by atoms with Crippen LogP contribution in [0, 0.1) is 17.2 Å². The molecule has 0 unspecified atom stereocenters. The zero-order valence-electron chi connectivity index (χ0n) is 16.5. The van der Waals surface area contributed by atoms with Crippen LogP contribution in [0.25, 0.3) is 16.6 Å². The van der Waals surface area contributed by atoms with Gasteiger partial charge in [-0.05, 0) is 31.7 Å². The van der Waals surface area contributed by atoms with E-state index in [0.717, 1.165) is 48.4 Å². The van der Waals surface area contributed by atoms with Crippen molar-refractivity contribution >= 4 is 11.3 Å². The summed E-state index contributed by atoms with van der Waals surface area (Å²) in [5.74, 6) is 1.29. The first-order valence-corrected chi connectivity index (χ1v) is 10.4. The summed E-state index contributed by atoms with van der Waals surface area (Å²) in [6, 6.07) is 6.35. The summed E-state index contributed by atoms with van der Waals surface area (Å²) in [4.78, 5) is 9.85. The van der Waals surface area contributed by atoms with Gasteiger partial charge in [0.05, 0.1) is 12.3 Å². The second-order valence-electron chi connectivity index (χ2n) is 8.73. The van der Waals surface area contributed by atoms with E-state index in [1.165, 1.54) is 12.8 Å². The Kier molecular flexibility index (Phi) is 3.68. The van der Waals surface area contributed by atoms with Gasteiger partial charge in [0.15, 0.2) is 5.82 Å². The molecule has 6 rings (SSSR count). The Morgan fingerprint density at radius 2 is 1.83 bits per heavy atom. The highest BCUT2D eigenvalue weighted by atomic mass is 15.4. The topological polar surface area (TPSA) is 78.3 Å². The molecule has 1 aliphatic carbocycles. The molecule has 2 bridgehead atoms. The largest absolute Gasteiger partial charge is 0.352 e. The van der Waals surface area contributed by atoms with Gasteiger partial charge in [0.1, 0.15) is 11.8 Å². The van der Waals surface area contributed by atoms with Gasteiger partial charge in [0, 0.05) is 67.7 Å². The van der Waals surface area contributed by atoms with Crippen molar-refractivity contribution in [1.82, 2.24) is 29.3 Å². The molecule has 29 heavy (non-hydrogen) atoms. The number of nitriles is 1. The van der Waals surface area contributed by atoms with Crippen molar-refractivity contribution < 1.29 is 0 Å². The third-order valence-electron chi connectivity index (χ3n) is 6.98. The molecule has 3 aromatic heterocycles. The molecule has 0 radical (unpaired) electrons. The fourth-order valence-electron chi connectivity index (χ4n) is 5.53. The third-order valence-corrected chi connectivity index (χ3v) is 6.98. The molecule has 3 aliphatic rings. The lowest BCUT2D eigenvalue weighted by Crippen LogP contribution is -2.60. The maximum atomic E-state index is 9.13. The van der Waals surface area contributed by atoms with Gasteiger partial charge < -0.3 is 4.90 Å². The van der Waals surface area contributed by atoms with Crippen LogP contribution in [0.15, 0.2) is 31.0 Å². The van der Waals surface area contributed by atoms with Crippen LogP contribution < -0.4 is 4.90 Å². The van der Waals surface area contributed by atoms with Gasteiger partial charge in [-0.1, -0.05) is 0 Å². The number of nitrogens with zero attached hydrogens (tertiary/aromatic N) is 8. The zero-order chi connectivity index (χ0) is 19.5. The Balaban J connectivity index is 1.28. The summed E-state index contributed by atoms with van der Waals surface area (Å²) in [5.41, 5.74) is 3.25. The summed E-state index contributed by atoms with van der Waals surface area (Å²) in [5, 5.41) is 17.9. The molecule has 0 amide bonds. The van der Waals surface area contributed by atoms with Gasteiger partial charge in [0.2, 0.25) is 0 Å². The van der Waals surface area contributed by atoms with E-state index in [1.54, 1.807) is 6.33 Å². The minimum absolute atomic E-state index is 0.269. The van der Waals surface area contributed by atoms with Crippen LogP contribution in [-0.2, 0) is 7.05 Å². The number of aryl methyl sites for hydroxylation is 1. The molecule has 0 spiro atoms. The van der Waals surface area contributed by atoms with E-state index >= 15 is 0 Å². The van der Waals surface area contributed by atoms with Crippen molar-refractivity contribution in [1.29, 1.82) is 5.26 Å². The average Bonchev–Trinajstić information content (AvgIpc) is 3.37. The summed E-state index contributed by atoms with van der Waals surface area (Å²) in [6.07, 6.45) is 12.2. The maximum absolute atomic E-state index is 9.13. The summed E-state index contributed by atoms with van der Waals surface area (Å²) >= 11 is 0. The molecule has 0 N–H and O–H groups in total. The normalized spacial score (nSPS) is 29.2. The molecule has 148 valence electrons. The Morgan fingerprint density at radius 3 is 2.52 bits per heavy atom. The van der Waals surface area contributed by atoms with E-state index in [2.05, 4.69) is 43.3 Å². The van der Waals surface area contributed by atoms with Crippen molar-refractivity contribution in [2.75, 3.05) is 18.0 Å².